The fraction of sp³-hybridized carbons (Fsp3) is 0.231. The van der Waals surface area contributed by atoms with Crippen LogP contribution < -0.4 is 5.32 Å². The van der Waals surface area contributed by atoms with Gasteiger partial charge in [-0.1, -0.05) is 6.07 Å². The molecule has 168 valence electrons. The van der Waals surface area contributed by atoms with E-state index in [2.05, 4.69) is 33.2 Å². The van der Waals surface area contributed by atoms with Crippen molar-refractivity contribution in [3.63, 3.8) is 0 Å². The third-order valence-corrected chi connectivity index (χ3v) is 6.05. The molecule has 1 unspecified atom stereocenters. The highest BCUT2D eigenvalue weighted by molar-refractivity contribution is 6.05. The Morgan fingerprint density at radius 3 is 2.64 bits per heavy atom. The van der Waals surface area contributed by atoms with Crippen molar-refractivity contribution in [2.24, 2.45) is 0 Å². The number of amides is 1. The largest absolute Gasteiger partial charge is 0.379 e. The number of aromatic amines is 1. The number of nitrogens with zero attached hydrogens (tertiary/aromatic N) is 2. The summed E-state index contributed by atoms with van der Waals surface area (Å²) in [5.74, 6) is -0.651. The summed E-state index contributed by atoms with van der Waals surface area (Å²) in [5, 5.41) is 3.97. The molecule has 2 N–H and O–H groups in total. The first-order valence-electron chi connectivity index (χ1n) is 11.0. The molecule has 0 radical (unpaired) electrons. The lowest BCUT2D eigenvalue weighted by molar-refractivity contribution is 0.0234. The molecular formula is C26H25FN4O2. The molecule has 3 heterocycles. The number of benzene rings is 2. The number of nitrogens with one attached hydrogen (secondary N) is 2. The number of anilines is 1. The maximum atomic E-state index is 13.2. The minimum Gasteiger partial charge on any atom is -0.379 e. The molecule has 7 heteroatoms. The minimum absolute atomic E-state index is 0.0353. The average molecular weight is 445 g/mol. The number of hydrogen-bond acceptors (Lipinski definition) is 4. The number of fused-ring (bicyclic) bond motifs is 1. The van der Waals surface area contributed by atoms with E-state index in [1.807, 2.05) is 36.5 Å². The van der Waals surface area contributed by atoms with E-state index >= 15 is 0 Å². The van der Waals surface area contributed by atoms with Crippen molar-refractivity contribution < 1.29 is 13.9 Å². The first kappa shape index (κ1) is 21.3. The molecule has 5 rings (SSSR count). The lowest BCUT2D eigenvalue weighted by atomic mass is 9.97. The van der Waals surface area contributed by atoms with E-state index in [0.717, 1.165) is 40.9 Å². The Kier molecular flexibility index (Phi) is 5.90. The van der Waals surface area contributed by atoms with Crippen molar-refractivity contribution in [3.8, 4) is 0 Å². The van der Waals surface area contributed by atoms with Crippen molar-refractivity contribution in [1.29, 1.82) is 0 Å². The van der Waals surface area contributed by atoms with Gasteiger partial charge in [0.2, 0.25) is 0 Å². The number of carbonyl (C=O) groups excluding carboxylic acids is 1. The molecule has 4 aromatic rings. The number of H-pyrrole nitrogens is 1. The summed E-state index contributed by atoms with van der Waals surface area (Å²) in [6.07, 6.45) is 1.82. The van der Waals surface area contributed by atoms with Crippen LogP contribution in [0.1, 0.15) is 33.4 Å². The van der Waals surface area contributed by atoms with E-state index in [0.29, 0.717) is 24.5 Å². The van der Waals surface area contributed by atoms with Crippen LogP contribution >= 0.6 is 0 Å². The number of morpholine rings is 1. The van der Waals surface area contributed by atoms with Gasteiger partial charge in [-0.3, -0.25) is 14.7 Å². The van der Waals surface area contributed by atoms with E-state index in [4.69, 9.17) is 4.74 Å². The predicted molar refractivity (Wildman–Crippen MR) is 126 cm³/mol. The number of hydrogen-bond donors (Lipinski definition) is 2. The first-order valence-corrected chi connectivity index (χ1v) is 11.0. The van der Waals surface area contributed by atoms with Gasteiger partial charge in [0, 0.05) is 52.7 Å². The van der Waals surface area contributed by atoms with Gasteiger partial charge in [0.15, 0.2) is 0 Å². The van der Waals surface area contributed by atoms with E-state index < -0.39 is 0 Å². The molecule has 0 saturated carbocycles. The molecular weight excluding hydrogens is 419 g/mol. The Morgan fingerprint density at radius 2 is 1.91 bits per heavy atom. The van der Waals surface area contributed by atoms with Gasteiger partial charge in [0.1, 0.15) is 5.82 Å². The summed E-state index contributed by atoms with van der Waals surface area (Å²) in [7, 11) is 0. The average Bonchev–Trinajstić information content (AvgIpc) is 3.16. The zero-order chi connectivity index (χ0) is 22.8. The van der Waals surface area contributed by atoms with Crippen molar-refractivity contribution in [2.75, 3.05) is 31.6 Å². The summed E-state index contributed by atoms with van der Waals surface area (Å²) in [6, 6.07) is 17.3. The fourth-order valence-corrected chi connectivity index (χ4v) is 4.47. The summed E-state index contributed by atoms with van der Waals surface area (Å²) in [6.45, 7) is 5.07. The van der Waals surface area contributed by atoms with Gasteiger partial charge in [-0.25, -0.2) is 4.39 Å². The highest BCUT2D eigenvalue weighted by atomic mass is 19.1. The molecule has 1 fully saturated rings. The Hall–Kier alpha value is -3.55. The molecule has 33 heavy (non-hydrogen) atoms. The summed E-state index contributed by atoms with van der Waals surface area (Å²) in [4.78, 5) is 23.2. The monoisotopic (exact) mass is 444 g/mol. The van der Waals surface area contributed by atoms with Crippen molar-refractivity contribution >= 4 is 22.5 Å². The molecule has 6 nitrogen and oxygen atoms in total. The van der Waals surface area contributed by atoms with Crippen LogP contribution in [0.15, 0.2) is 66.9 Å². The van der Waals surface area contributed by atoms with Gasteiger partial charge in [0.25, 0.3) is 5.91 Å². The second-order valence-corrected chi connectivity index (χ2v) is 8.19. The van der Waals surface area contributed by atoms with Crippen molar-refractivity contribution in [1.82, 2.24) is 14.9 Å². The number of aromatic nitrogens is 2. The van der Waals surface area contributed by atoms with Crippen LogP contribution in [0.2, 0.25) is 0 Å². The summed E-state index contributed by atoms with van der Waals surface area (Å²) >= 11 is 0. The second-order valence-electron chi connectivity index (χ2n) is 8.19. The smallest absolute Gasteiger partial charge is 0.255 e. The maximum Gasteiger partial charge on any atom is 0.255 e. The molecule has 0 bridgehead atoms. The Balaban J connectivity index is 1.54. The molecule has 1 saturated heterocycles. The standard InChI is InChI=1S/C26H25FN4O2/c1-17-24(25(23-4-2-3-11-28-23)31-12-14-33-15-13-31)21-16-20(9-10-22(21)29-17)30-26(32)18-5-7-19(27)8-6-18/h2-11,16,25,29H,12-15H2,1H3,(H,30,32). The summed E-state index contributed by atoms with van der Waals surface area (Å²) in [5.41, 5.74) is 5.26. The summed E-state index contributed by atoms with van der Waals surface area (Å²) < 4.78 is 18.8. The topological polar surface area (TPSA) is 70.2 Å². The van der Waals surface area contributed by atoms with Gasteiger partial charge < -0.3 is 15.0 Å². The fourth-order valence-electron chi connectivity index (χ4n) is 4.47. The Morgan fingerprint density at radius 1 is 1.12 bits per heavy atom. The highest BCUT2D eigenvalue weighted by Gasteiger charge is 2.29. The SMILES string of the molecule is Cc1[nH]c2ccc(NC(=O)c3ccc(F)cc3)cc2c1C(c1ccccn1)N1CCOCC1. The van der Waals surface area contributed by atoms with Gasteiger partial charge >= 0.3 is 0 Å². The van der Waals surface area contributed by atoms with E-state index in [9.17, 15) is 9.18 Å². The van der Waals surface area contributed by atoms with E-state index in [1.165, 1.54) is 24.3 Å². The Bertz CT molecular complexity index is 1260. The second kappa shape index (κ2) is 9.13. The molecule has 2 aromatic carbocycles. The maximum absolute atomic E-state index is 13.2. The number of carbonyl (C=O) groups is 1. The molecule has 1 aliphatic heterocycles. The number of rotatable bonds is 5. The number of aryl methyl sites for hydroxylation is 1. The molecule has 0 spiro atoms. The van der Waals surface area contributed by atoms with Gasteiger partial charge in [-0.2, -0.15) is 0 Å². The number of pyridine rings is 1. The zero-order valence-corrected chi connectivity index (χ0v) is 18.3. The van der Waals surface area contributed by atoms with Crippen LogP contribution in [0, 0.1) is 12.7 Å². The van der Waals surface area contributed by atoms with Crippen molar-refractivity contribution in [3.05, 3.63) is 95.2 Å². The number of ether oxygens (including phenoxy) is 1. The quantitative estimate of drug-likeness (QED) is 0.469. The van der Waals surface area contributed by atoms with Crippen LogP contribution in [0.5, 0.6) is 0 Å². The third kappa shape index (κ3) is 4.37. The van der Waals surface area contributed by atoms with Crippen LogP contribution in [-0.2, 0) is 4.74 Å². The molecule has 2 aromatic heterocycles. The lowest BCUT2D eigenvalue weighted by Gasteiger charge is -2.34. The Labute approximate surface area is 191 Å². The predicted octanol–water partition coefficient (Wildman–Crippen LogP) is 4.68. The molecule has 1 aliphatic rings. The van der Waals surface area contributed by atoms with Crippen LogP contribution in [0.4, 0.5) is 10.1 Å². The van der Waals surface area contributed by atoms with E-state index in [-0.39, 0.29) is 17.8 Å². The first-order chi connectivity index (χ1) is 16.1. The highest BCUT2D eigenvalue weighted by Crippen LogP contribution is 2.37. The van der Waals surface area contributed by atoms with Crippen molar-refractivity contribution in [2.45, 2.75) is 13.0 Å². The van der Waals surface area contributed by atoms with E-state index in [1.54, 1.807) is 0 Å². The minimum atomic E-state index is -0.371. The van der Waals surface area contributed by atoms with Crippen LogP contribution in [-0.4, -0.2) is 47.1 Å². The van der Waals surface area contributed by atoms with Gasteiger partial charge in [-0.15, -0.1) is 0 Å². The normalized spacial score (nSPS) is 15.5. The number of halogens is 1. The van der Waals surface area contributed by atoms with Gasteiger partial charge in [0.05, 0.1) is 24.9 Å². The molecule has 1 atom stereocenters. The van der Waals surface area contributed by atoms with Gasteiger partial charge in [-0.05, 0) is 61.5 Å². The van der Waals surface area contributed by atoms with Crippen LogP contribution in [0.25, 0.3) is 10.9 Å². The van der Waals surface area contributed by atoms with Crippen LogP contribution in [0.3, 0.4) is 0 Å². The molecule has 1 amide bonds. The third-order valence-electron chi connectivity index (χ3n) is 6.05. The zero-order valence-electron chi connectivity index (χ0n) is 18.3. The molecule has 0 aliphatic carbocycles. The lowest BCUT2D eigenvalue weighted by Crippen LogP contribution is -2.40.